The van der Waals surface area contributed by atoms with E-state index in [0.29, 0.717) is 6.79 Å². The number of hydrogen-bond donors (Lipinski definition) is 0. The third kappa shape index (κ3) is 3.68. The third-order valence-electron chi connectivity index (χ3n) is 4.95. The second-order valence-electron chi connectivity index (χ2n) is 6.63. The molecule has 0 saturated carbocycles. The van der Waals surface area contributed by atoms with E-state index in [0.717, 1.165) is 29.5 Å². The molecule has 24 heavy (non-hydrogen) atoms. The largest absolute Gasteiger partial charge is 0.467 e. The molecule has 0 bridgehead atoms. The third-order valence-corrected chi connectivity index (χ3v) is 5.41. The molecule has 1 aliphatic rings. The van der Waals surface area contributed by atoms with Crippen LogP contribution in [0.25, 0.3) is 0 Å². The fourth-order valence-corrected chi connectivity index (χ4v) is 4.43. The highest BCUT2D eigenvalue weighted by molar-refractivity contribution is 9.10. The molecule has 2 nitrogen and oxygen atoms in total. The molecule has 0 aliphatic heterocycles. The monoisotopic (exact) mass is 388 g/mol. The molecule has 0 fully saturated rings. The lowest BCUT2D eigenvalue weighted by Crippen LogP contribution is -2.11. The Bertz CT molecular complexity index is 714. The number of benzene rings is 2. The van der Waals surface area contributed by atoms with E-state index < -0.39 is 0 Å². The Morgan fingerprint density at radius 3 is 2.33 bits per heavy atom. The molecule has 0 atom stereocenters. The number of rotatable bonds is 5. The highest BCUT2D eigenvalue weighted by Crippen LogP contribution is 2.34. The first-order valence-corrected chi connectivity index (χ1v) is 9.40. The van der Waals surface area contributed by atoms with Crippen molar-refractivity contribution in [2.75, 3.05) is 13.9 Å². The van der Waals surface area contributed by atoms with Gasteiger partial charge in [0.15, 0.2) is 6.79 Å². The van der Waals surface area contributed by atoms with Gasteiger partial charge in [-0.1, -0.05) is 22.0 Å². The first-order chi connectivity index (χ1) is 11.6. The lowest BCUT2D eigenvalue weighted by atomic mass is 9.84. The van der Waals surface area contributed by atoms with E-state index in [1.54, 1.807) is 7.11 Å². The van der Waals surface area contributed by atoms with Gasteiger partial charge in [0.05, 0.1) is 0 Å². The minimum Gasteiger partial charge on any atom is -0.467 e. The molecule has 0 heterocycles. The number of hydrogen-bond acceptors (Lipinski definition) is 2. The molecule has 0 N–H and O–H groups in total. The van der Waals surface area contributed by atoms with Gasteiger partial charge in [0, 0.05) is 11.6 Å². The zero-order chi connectivity index (χ0) is 17.1. The van der Waals surface area contributed by atoms with Gasteiger partial charge < -0.3 is 9.47 Å². The SMILES string of the molecule is COCOc1ccc(Cc2c(C)cc(Br)cc2C)c2c1CCCC2. The number of methoxy groups -OCH3 is 1. The predicted molar refractivity (Wildman–Crippen MR) is 102 cm³/mol. The van der Waals surface area contributed by atoms with E-state index in [1.165, 1.54) is 46.2 Å². The van der Waals surface area contributed by atoms with E-state index in [-0.39, 0.29) is 0 Å². The summed E-state index contributed by atoms with van der Waals surface area (Å²) >= 11 is 3.60. The number of ether oxygens (including phenoxy) is 2. The van der Waals surface area contributed by atoms with Gasteiger partial charge in [-0.25, -0.2) is 0 Å². The Labute approximate surface area is 153 Å². The lowest BCUT2D eigenvalue weighted by Gasteiger charge is -2.23. The van der Waals surface area contributed by atoms with Crippen LogP contribution in [0.1, 0.15) is 46.2 Å². The van der Waals surface area contributed by atoms with Crippen LogP contribution in [-0.2, 0) is 24.0 Å². The van der Waals surface area contributed by atoms with Crippen molar-refractivity contribution in [3.63, 3.8) is 0 Å². The molecule has 128 valence electrons. The molecular weight excluding hydrogens is 364 g/mol. The summed E-state index contributed by atoms with van der Waals surface area (Å²) in [6, 6.07) is 8.80. The van der Waals surface area contributed by atoms with E-state index in [1.807, 2.05) is 0 Å². The summed E-state index contributed by atoms with van der Waals surface area (Å²) in [5.41, 5.74) is 8.48. The molecular formula is C21H25BrO2. The minimum absolute atomic E-state index is 0.316. The fraction of sp³-hybridized carbons (Fsp3) is 0.429. The molecule has 0 unspecified atom stereocenters. The van der Waals surface area contributed by atoms with Crippen molar-refractivity contribution >= 4 is 15.9 Å². The van der Waals surface area contributed by atoms with Crippen LogP contribution in [0, 0.1) is 13.8 Å². The second kappa shape index (κ2) is 7.71. The van der Waals surface area contributed by atoms with Crippen molar-refractivity contribution in [3.8, 4) is 5.75 Å². The fourth-order valence-electron chi connectivity index (χ4n) is 3.74. The average Bonchev–Trinajstić information content (AvgIpc) is 2.57. The molecule has 3 heteroatoms. The summed E-state index contributed by atoms with van der Waals surface area (Å²) in [5.74, 6) is 1.000. The van der Waals surface area contributed by atoms with Crippen molar-refractivity contribution in [1.82, 2.24) is 0 Å². The van der Waals surface area contributed by atoms with Crippen LogP contribution in [0.15, 0.2) is 28.7 Å². The molecule has 0 spiro atoms. The topological polar surface area (TPSA) is 18.5 Å². The predicted octanol–water partition coefficient (Wildman–Crippen LogP) is 5.52. The number of halogens is 1. The smallest absolute Gasteiger partial charge is 0.188 e. The molecule has 0 aromatic heterocycles. The van der Waals surface area contributed by atoms with Crippen LogP contribution in [0.2, 0.25) is 0 Å². The van der Waals surface area contributed by atoms with Gasteiger partial charge >= 0.3 is 0 Å². The summed E-state index contributed by atoms with van der Waals surface area (Å²) in [4.78, 5) is 0. The Hall–Kier alpha value is -1.32. The Kier molecular flexibility index (Phi) is 5.62. The average molecular weight is 389 g/mol. The highest BCUT2D eigenvalue weighted by Gasteiger charge is 2.19. The van der Waals surface area contributed by atoms with Crippen molar-refractivity contribution < 1.29 is 9.47 Å². The molecule has 0 saturated heterocycles. The summed E-state index contributed by atoms with van der Waals surface area (Å²) in [6.45, 7) is 4.72. The maximum Gasteiger partial charge on any atom is 0.188 e. The van der Waals surface area contributed by atoms with Crippen molar-refractivity contribution in [1.29, 1.82) is 0 Å². The first-order valence-electron chi connectivity index (χ1n) is 8.61. The first kappa shape index (κ1) is 17.5. The summed E-state index contributed by atoms with van der Waals surface area (Å²) in [6.07, 6.45) is 5.78. The van der Waals surface area contributed by atoms with Crippen LogP contribution >= 0.6 is 15.9 Å². The molecule has 1 aliphatic carbocycles. The maximum atomic E-state index is 5.79. The lowest BCUT2D eigenvalue weighted by molar-refractivity contribution is 0.0502. The number of fused-ring (bicyclic) bond motifs is 1. The zero-order valence-corrected chi connectivity index (χ0v) is 16.3. The van der Waals surface area contributed by atoms with Crippen LogP contribution in [-0.4, -0.2) is 13.9 Å². The van der Waals surface area contributed by atoms with Gasteiger partial charge in [0.2, 0.25) is 0 Å². The van der Waals surface area contributed by atoms with Crippen LogP contribution in [0.3, 0.4) is 0 Å². The molecule has 3 rings (SSSR count). The quantitative estimate of drug-likeness (QED) is 0.627. The van der Waals surface area contributed by atoms with Crippen molar-refractivity contribution in [2.45, 2.75) is 46.0 Å². The van der Waals surface area contributed by atoms with E-state index in [4.69, 9.17) is 9.47 Å². The number of aryl methyl sites for hydroxylation is 2. The van der Waals surface area contributed by atoms with E-state index in [9.17, 15) is 0 Å². The van der Waals surface area contributed by atoms with Crippen molar-refractivity contribution in [3.05, 3.63) is 62.1 Å². The van der Waals surface area contributed by atoms with Crippen molar-refractivity contribution in [2.24, 2.45) is 0 Å². The summed E-state index contributed by atoms with van der Waals surface area (Å²) in [5, 5.41) is 0. The van der Waals surface area contributed by atoms with E-state index in [2.05, 4.69) is 54.0 Å². The molecule has 0 radical (unpaired) electrons. The van der Waals surface area contributed by atoms with Gasteiger partial charge in [-0.2, -0.15) is 0 Å². The van der Waals surface area contributed by atoms with Crippen LogP contribution in [0.4, 0.5) is 0 Å². The van der Waals surface area contributed by atoms with Gasteiger partial charge in [-0.3, -0.25) is 0 Å². The Morgan fingerprint density at radius 1 is 1.00 bits per heavy atom. The molecule has 0 amide bonds. The second-order valence-corrected chi connectivity index (χ2v) is 7.55. The van der Waals surface area contributed by atoms with Gasteiger partial charge in [0.25, 0.3) is 0 Å². The summed E-state index contributed by atoms with van der Waals surface area (Å²) < 4.78 is 12.0. The zero-order valence-electron chi connectivity index (χ0n) is 14.7. The van der Waals surface area contributed by atoms with Gasteiger partial charge in [-0.05, 0) is 97.5 Å². The Morgan fingerprint density at radius 2 is 1.67 bits per heavy atom. The summed E-state index contributed by atoms with van der Waals surface area (Å²) in [7, 11) is 1.67. The van der Waals surface area contributed by atoms with E-state index >= 15 is 0 Å². The molecule has 2 aromatic rings. The van der Waals surface area contributed by atoms with Gasteiger partial charge in [0.1, 0.15) is 5.75 Å². The van der Waals surface area contributed by atoms with Crippen LogP contribution < -0.4 is 4.74 Å². The Balaban J connectivity index is 1.97. The maximum absolute atomic E-state index is 5.79. The van der Waals surface area contributed by atoms with Gasteiger partial charge in [-0.15, -0.1) is 0 Å². The minimum atomic E-state index is 0.316. The molecule has 2 aromatic carbocycles. The highest BCUT2D eigenvalue weighted by atomic mass is 79.9. The van der Waals surface area contributed by atoms with Crippen LogP contribution in [0.5, 0.6) is 5.75 Å². The standard InChI is InChI=1S/C21H25BrO2/c1-14-10-17(22)11-15(2)20(14)12-16-8-9-21(24-13-23-3)19-7-5-4-6-18(16)19/h8-11H,4-7,12-13H2,1-3H3. The normalized spacial score (nSPS) is 13.7.